The van der Waals surface area contributed by atoms with Crippen LogP contribution < -0.4 is 4.74 Å². The predicted molar refractivity (Wildman–Crippen MR) is 181 cm³/mol. The SMILES string of the molecule is COc1ccc(COCC2=C(COC(=O)c3ccc([N+](=O)[O-])cc3)[C@@H](O)C[C@@H](C)[C@]2(C)CC/C(C)=C/CC/C(C)=C/I)cc1. The smallest absolute Gasteiger partial charge is 0.338 e. The number of nitro groups is 1. The molecule has 0 unspecified atom stereocenters. The van der Waals surface area contributed by atoms with Crippen molar-refractivity contribution in [3.8, 4) is 5.75 Å². The molecule has 3 atom stereocenters. The Hall–Kier alpha value is -3.02. The van der Waals surface area contributed by atoms with E-state index in [0.717, 1.165) is 42.6 Å². The molecule has 1 aliphatic carbocycles. The number of methoxy groups -OCH3 is 1. The van der Waals surface area contributed by atoms with Gasteiger partial charge >= 0.3 is 5.97 Å². The van der Waals surface area contributed by atoms with Gasteiger partial charge in [-0.1, -0.05) is 65.8 Å². The predicted octanol–water partition coefficient (Wildman–Crippen LogP) is 8.53. The lowest BCUT2D eigenvalue weighted by Crippen LogP contribution is -2.41. The van der Waals surface area contributed by atoms with Gasteiger partial charge in [0.25, 0.3) is 5.69 Å². The first-order valence-corrected chi connectivity index (χ1v) is 16.2. The third-order valence-corrected chi connectivity index (χ3v) is 9.81. The van der Waals surface area contributed by atoms with Crippen LogP contribution in [0.1, 0.15) is 75.7 Å². The Labute approximate surface area is 274 Å². The topological polar surface area (TPSA) is 108 Å². The van der Waals surface area contributed by atoms with Gasteiger partial charge in [-0.3, -0.25) is 10.1 Å². The van der Waals surface area contributed by atoms with Crippen LogP contribution in [0.15, 0.2) is 81.0 Å². The number of rotatable bonds is 15. The molecule has 2 aromatic rings. The number of carbonyl (C=O) groups excluding carboxylic acids is 1. The number of aliphatic hydroxyl groups excluding tert-OH is 1. The number of esters is 1. The Balaban J connectivity index is 1.84. The molecule has 0 aromatic heterocycles. The Morgan fingerprint density at radius 3 is 2.36 bits per heavy atom. The molecule has 2 aromatic carbocycles. The fraction of sp³-hybridized carbons (Fsp3) is 0.457. The molecule has 0 fully saturated rings. The van der Waals surface area contributed by atoms with Crippen molar-refractivity contribution in [2.75, 3.05) is 20.3 Å². The lowest BCUT2D eigenvalue weighted by Gasteiger charge is -2.45. The number of nitro benzene ring substituents is 1. The number of non-ortho nitro benzene ring substituents is 1. The number of ether oxygens (including phenoxy) is 3. The van der Waals surface area contributed by atoms with Gasteiger partial charge in [0.05, 0.1) is 36.9 Å². The number of nitrogens with zero attached hydrogens (tertiary/aromatic N) is 1. The highest BCUT2D eigenvalue weighted by atomic mass is 127. The summed E-state index contributed by atoms with van der Waals surface area (Å²) in [7, 11) is 1.63. The van der Waals surface area contributed by atoms with Crippen LogP contribution in [-0.4, -0.2) is 42.4 Å². The van der Waals surface area contributed by atoms with Gasteiger partial charge in [0.2, 0.25) is 0 Å². The van der Waals surface area contributed by atoms with E-state index in [1.807, 2.05) is 24.3 Å². The molecule has 238 valence electrons. The van der Waals surface area contributed by atoms with E-state index in [1.54, 1.807) is 7.11 Å². The van der Waals surface area contributed by atoms with E-state index in [-0.39, 0.29) is 35.8 Å². The van der Waals surface area contributed by atoms with E-state index in [2.05, 4.69) is 60.4 Å². The molecule has 0 saturated carbocycles. The second kappa shape index (κ2) is 16.9. The zero-order valence-corrected chi connectivity index (χ0v) is 28.5. The van der Waals surface area contributed by atoms with Crippen LogP contribution in [0.2, 0.25) is 0 Å². The minimum absolute atomic E-state index is 0.0860. The van der Waals surface area contributed by atoms with Crippen LogP contribution in [0.25, 0.3) is 0 Å². The molecule has 1 aliphatic rings. The van der Waals surface area contributed by atoms with E-state index >= 15 is 0 Å². The highest BCUT2D eigenvalue weighted by Gasteiger charge is 2.43. The van der Waals surface area contributed by atoms with Crippen molar-refractivity contribution >= 4 is 34.2 Å². The molecule has 9 heteroatoms. The van der Waals surface area contributed by atoms with Crippen LogP contribution in [0.3, 0.4) is 0 Å². The van der Waals surface area contributed by atoms with E-state index in [0.29, 0.717) is 18.6 Å². The maximum atomic E-state index is 12.9. The average Bonchev–Trinajstić information content (AvgIpc) is 3.02. The lowest BCUT2D eigenvalue weighted by atomic mass is 9.62. The minimum Gasteiger partial charge on any atom is -0.497 e. The minimum atomic E-state index is -0.776. The Morgan fingerprint density at radius 1 is 1.07 bits per heavy atom. The van der Waals surface area contributed by atoms with Gasteiger partial charge in [0.1, 0.15) is 12.4 Å². The van der Waals surface area contributed by atoms with Crippen LogP contribution in [0.4, 0.5) is 5.69 Å². The van der Waals surface area contributed by atoms with Crippen LogP contribution in [0.5, 0.6) is 5.75 Å². The van der Waals surface area contributed by atoms with Gasteiger partial charge in [-0.15, -0.1) is 0 Å². The van der Waals surface area contributed by atoms with Crippen LogP contribution in [-0.2, 0) is 16.1 Å². The van der Waals surface area contributed by atoms with E-state index in [4.69, 9.17) is 14.2 Å². The zero-order valence-electron chi connectivity index (χ0n) is 26.3. The maximum absolute atomic E-state index is 12.9. The molecule has 0 spiro atoms. The molecule has 44 heavy (non-hydrogen) atoms. The van der Waals surface area contributed by atoms with Gasteiger partial charge in [-0.2, -0.15) is 0 Å². The summed E-state index contributed by atoms with van der Waals surface area (Å²) >= 11 is 2.28. The summed E-state index contributed by atoms with van der Waals surface area (Å²) in [6.45, 7) is 9.29. The number of hydrogen-bond donors (Lipinski definition) is 1. The molecule has 0 aliphatic heterocycles. The maximum Gasteiger partial charge on any atom is 0.338 e. The summed E-state index contributed by atoms with van der Waals surface area (Å²) in [5, 5.41) is 22.3. The highest BCUT2D eigenvalue weighted by Crippen LogP contribution is 2.49. The third kappa shape index (κ3) is 9.74. The van der Waals surface area contributed by atoms with Crippen molar-refractivity contribution in [3.63, 3.8) is 0 Å². The number of carbonyl (C=O) groups is 1. The third-order valence-electron chi connectivity index (χ3n) is 8.75. The standard InChI is InChI=1S/C35H44INO7/c1-24(7-6-8-25(2)20-36)17-18-35(4)26(3)19-33(38)31(22-44-34(39)28-11-13-29(14-12-28)37(40)41)32(35)23-43-21-27-9-15-30(42-5)16-10-27/h7,9-16,20,26,33,38H,6,8,17-19,21-23H2,1-5H3/b24-7+,25-20+/t26-,33+,35+/m1/s1. The Kier molecular flexibility index (Phi) is 13.6. The van der Waals surface area contributed by atoms with Gasteiger partial charge in [0, 0.05) is 12.1 Å². The van der Waals surface area contributed by atoms with Gasteiger partial charge in [-0.05, 0) is 102 Å². The van der Waals surface area contributed by atoms with E-state index in [1.165, 1.54) is 35.4 Å². The van der Waals surface area contributed by atoms with Crippen molar-refractivity contribution < 1.29 is 29.0 Å². The highest BCUT2D eigenvalue weighted by molar-refractivity contribution is 14.1. The number of benzene rings is 2. The van der Waals surface area contributed by atoms with Crippen molar-refractivity contribution in [3.05, 3.63) is 102 Å². The summed E-state index contributed by atoms with van der Waals surface area (Å²) in [5.74, 6) is 0.338. The van der Waals surface area contributed by atoms with Crippen molar-refractivity contribution in [2.24, 2.45) is 11.3 Å². The molecular weight excluding hydrogens is 673 g/mol. The number of halogens is 1. The summed E-state index contributed by atoms with van der Waals surface area (Å²) in [6, 6.07) is 13.0. The Bertz CT molecular complexity index is 1360. The van der Waals surface area contributed by atoms with Gasteiger partial charge in [-0.25, -0.2) is 4.79 Å². The van der Waals surface area contributed by atoms with E-state index < -0.39 is 17.0 Å². The average molecular weight is 718 g/mol. The Morgan fingerprint density at radius 2 is 1.75 bits per heavy atom. The normalized spacial score (nSPS) is 20.9. The van der Waals surface area contributed by atoms with Crippen molar-refractivity contribution in [1.82, 2.24) is 0 Å². The summed E-state index contributed by atoms with van der Waals surface area (Å²) in [4.78, 5) is 23.4. The summed E-state index contributed by atoms with van der Waals surface area (Å²) in [6.07, 6.45) is 5.89. The number of allylic oxidation sites excluding steroid dienone is 3. The van der Waals surface area contributed by atoms with Gasteiger partial charge < -0.3 is 19.3 Å². The molecule has 1 N–H and O–H groups in total. The molecule has 0 saturated heterocycles. The molecule has 8 nitrogen and oxygen atoms in total. The fourth-order valence-electron chi connectivity index (χ4n) is 5.54. The van der Waals surface area contributed by atoms with Crippen molar-refractivity contribution in [1.29, 1.82) is 0 Å². The molecule has 0 radical (unpaired) electrons. The molecule has 3 rings (SSSR count). The first-order valence-electron chi connectivity index (χ1n) is 14.9. The summed E-state index contributed by atoms with van der Waals surface area (Å²) < 4.78 is 19.3. The quantitative estimate of drug-likeness (QED) is 0.0647. The van der Waals surface area contributed by atoms with Crippen LogP contribution >= 0.6 is 22.6 Å². The molecule has 0 amide bonds. The second-order valence-electron chi connectivity index (χ2n) is 11.8. The second-order valence-corrected chi connectivity index (χ2v) is 12.5. The first-order chi connectivity index (χ1) is 21.0. The number of aliphatic hydroxyl groups is 1. The van der Waals surface area contributed by atoms with Crippen molar-refractivity contribution in [2.45, 2.75) is 72.5 Å². The molecule has 0 heterocycles. The fourth-order valence-corrected chi connectivity index (χ4v) is 5.85. The molecular formula is C35H44INO7. The monoisotopic (exact) mass is 717 g/mol. The molecule has 0 bridgehead atoms. The van der Waals surface area contributed by atoms with E-state index in [9.17, 15) is 20.0 Å². The van der Waals surface area contributed by atoms with Gasteiger partial charge in [0.15, 0.2) is 0 Å². The van der Waals surface area contributed by atoms with Crippen LogP contribution in [0, 0.1) is 21.4 Å². The number of hydrogen-bond acceptors (Lipinski definition) is 7. The lowest BCUT2D eigenvalue weighted by molar-refractivity contribution is -0.384. The first kappa shape index (κ1) is 35.5. The largest absolute Gasteiger partial charge is 0.497 e. The zero-order chi connectivity index (χ0) is 32.3. The summed E-state index contributed by atoms with van der Waals surface area (Å²) in [5.41, 5.74) is 5.14.